The van der Waals surface area contributed by atoms with Gasteiger partial charge in [-0.1, -0.05) is 38.1 Å². The lowest BCUT2D eigenvalue weighted by Gasteiger charge is -2.24. The summed E-state index contributed by atoms with van der Waals surface area (Å²) in [5.74, 6) is 0.423. The second kappa shape index (κ2) is 12.5. The topological polar surface area (TPSA) is 65.5 Å². The fourth-order valence-corrected chi connectivity index (χ4v) is 2.95. The van der Waals surface area contributed by atoms with E-state index in [-0.39, 0.29) is 41.1 Å². The van der Waals surface area contributed by atoms with Crippen molar-refractivity contribution in [1.82, 2.24) is 16.0 Å². The summed E-state index contributed by atoms with van der Waals surface area (Å²) >= 11 is 0. The fraction of sp³-hybridized carbons (Fsp3) is 0.391. The zero-order valence-corrected chi connectivity index (χ0v) is 20.4. The molecule has 0 radical (unpaired) electrons. The Bertz CT molecular complexity index is 837. The van der Waals surface area contributed by atoms with Crippen LogP contribution in [0.1, 0.15) is 42.3 Å². The highest BCUT2D eigenvalue weighted by atomic mass is 127. The molecule has 3 N–H and O–H groups in total. The molecule has 0 saturated carbocycles. The Kier molecular flexibility index (Phi) is 10.8. The van der Waals surface area contributed by atoms with Crippen molar-refractivity contribution in [2.24, 2.45) is 4.99 Å². The van der Waals surface area contributed by atoms with Crippen LogP contribution in [0.4, 0.5) is 4.39 Å². The molecule has 0 saturated heterocycles. The van der Waals surface area contributed by atoms with E-state index in [2.05, 4.69) is 29.8 Å². The number of aliphatic imine (C=N–C) groups is 1. The summed E-state index contributed by atoms with van der Waals surface area (Å²) in [4.78, 5) is 16.5. The zero-order chi connectivity index (χ0) is 21.3. The summed E-state index contributed by atoms with van der Waals surface area (Å²) in [7, 11) is 1.63. The van der Waals surface area contributed by atoms with Gasteiger partial charge >= 0.3 is 0 Å². The maximum Gasteiger partial charge on any atom is 0.251 e. The predicted molar refractivity (Wildman–Crippen MR) is 132 cm³/mol. The van der Waals surface area contributed by atoms with E-state index in [0.717, 1.165) is 30.1 Å². The highest BCUT2D eigenvalue weighted by molar-refractivity contribution is 14.0. The Morgan fingerprint density at radius 1 is 1.10 bits per heavy atom. The molecule has 2 aromatic carbocycles. The van der Waals surface area contributed by atoms with E-state index in [1.807, 2.05) is 37.3 Å². The summed E-state index contributed by atoms with van der Waals surface area (Å²) in [5.41, 5.74) is 2.58. The third-order valence-electron chi connectivity index (χ3n) is 4.72. The maximum atomic E-state index is 13.2. The molecule has 0 aliphatic carbocycles. The highest BCUT2D eigenvalue weighted by Gasteiger charge is 2.20. The molecule has 30 heavy (non-hydrogen) atoms. The second-order valence-electron chi connectivity index (χ2n) is 7.54. The number of carbonyl (C=O) groups is 1. The third-order valence-corrected chi connectivity index (χ3v) is 4.72. The first-order chi connectivity index (χ1) is 13.9. The van der Waals surface area contributed by atoms with E-state index in [4.69, 9.17) is 4.99 Å². The molecule has 0 heterocycles. The Hall–Kier alpha value is -2.16. The van der Waals surface area contributed by atoms with Gasteiger partial charge in [0, 0.05) is 31.1 Å². The normalized spacial score (nSPS) is 11.4. The molecule has 7 heteroatoms. The minimum atomic E-state index is -0.233. The van der Waals surface area contributed by atoms with Crippen LogP contribution in [0.25, 0.3) is 0 Å². The lowest BCUT2D eigenvalue weighted by atomic mass is 9.85. The lowest BCUT2D eigenvalue weighted by molar-refractivity contribution is 0.0963. The van der Waals surface area contributed by atoms with Crippen LogP contribution in [0, 0.1) is 5.82 Å². The Morgan fingerprint density at radius 3 is 2.43 bits per heavy atom. The van der Waals surface area contributed by atoms with Gasteiger partial charge in [0.05, 0.1) is 6.54 Å². The molecular weight excluding hydrogens is 494 g/mol. The number of carbonyl (C=O) groups excluding carboxylic acids is 1. The molecule has 1 amide bonds. The van der Waals surface area contributed by atoms with Crippen molar-refractivity contribution in [2.75, 3.05) is 26.7 Å². The van der Waals surface area contributed by atoms with E-state index in [1.54, 1.807) is 13.1 Å². The summed E-state index contributed by atoms with van der Waals surface area (Å²) in [5, 5.41) is 9.24. The molecular formula is C23H32FIN4O. The molecule has 0 aliphatic rings. The smallest absolute Gasteiger partial charge is 0.251 e. The molecule has 2 rings (SSSR count). The molecule has 0 aliphatic heterocycles. The van der Waals surface area contributed by atoms with Gasteiger partial charge in [-0.3, -0.25) is 9.79 Å². The van der Waals surface area contributed by atoms with E-state index in [1.165, 1.54) is 12.1 Å². The predicted octanol–water partition coefficient (Wildman–Crippen LogP) is 3.88. The standard InChI is InChI=1S/C23H31FN4O.HI/c1-5-26-22(28-16-23(2,3)19-9-11-20(24)12-10-19)27-14-13-17-7-6-8-18(15-17)21(29)25-4;/h6-12,15H,5,13-14,16H2,1-4H3,(H,25,29)(H2,26,27,28);1H. The first kappa shape index (κ1) is 25.9. The van der Waals surface area contributed by atoms with Crippen LogP contribution in [-0.2, 0) is 11.8 Å². The van der Waals surface area contributed by atoms with Crippen molar-refractivity contribution >= 4 is 35.8 Å². The van der Waals surface area contributed by atoms with Gasteiger partial charge in [-0.05, 0) is 48.7 Å². The number of nitrogens with one attached hydrogen (secondary N) is 3. The van der Waals surface area contributed by atoms with Crippen LogP contribution >= 0.6 is 24.0 Å². The first-order valence-electron chi connectivity index (χ1n) is 9.95. The van der Waals surface area contributed by atoms with E-state index in [9.17, 15) is 9.18 Å². The van der Waals surface area contributed by atoms with Gasteiger partial charge in [-0.25, -0.2) is 4.39 Å². The molecule has 0 spiro atoms. The number of benzene rings is 2. The Balaban J connectivity index is 0.00000450. The first-order valence-corrected chi connectivity index (χ1v) is 9.95. The minimum Gasteiger partial charge on any atom is -0.357 e. The molecule has 0 fully saturated rings. The lowest BCUT2D eigenvalue weighted by Crippen LogP contribution is -2.39. The average molecular weight is 526 g/mol. The molecule has 5 nitrogen and oxygen atoms in total. The number of rotatable bonds is 8. The Morgan fingerprint density at radius 2 is 1.80 bits per heavy atom. The van der Waals surface area contributed by atoms with Crippen molar-refractivity contribution < 1.29 is 9.18 Å². The van der Waals surface area contributed by atoms with Gasteiger partial charge in [0.25, 0.3) is 5.91 Å². The largest absolute Gasteiger partial charge is 0.357 e. The monoisotopic (exact) mass is 526 g/mol. The van der Waals surface area contributed by atoms with Crippen molar-refractivity contribution in [3.05, 3.63) is 71.0 Å². The number of nitrogens with zero attached hydrogens (tertiary/aromatic N) is 1. The van der Waals surface area contributed by atoms with Gasteiger partial charge in [-0.2, -0.15) is 0 Å². The highest BCUT2D eigenvalue weighted by Crippen LogP contribution is 2.23. The number of amides is 1. The summed E-state index contributed by atoms with van der Waals surface area (Å²) in [6.07, 6.45) is 0.774. The van der Waals surface area contributed by atoms with Gasteiger partial charge in [0.1, 0.15) is 5.82 Å². The molecule has 164 valence electrons. The summed E-state index contributed by atoms with van der Waals surface area (Å²) in [6.45, 7) is 8.24. The zero-order valence-electron chi connectivity index (χ0n) is 18.1. The quantitative estimate of drug-likeness (QED) is 0.278. The second-order valence-corrected chi connectivity index (χ2v) is 7.54. The summed E-state index contributed by atoms with van der Waals surface area (Å²) in [6, 6.07) is 14.2. The number of guanidine groups is 1. The van der Waals surface area contributed by atoms with Gasteiger partial charge in [0.15, 0.2) is 5.96 Å². The molecule has 0 atom stereocenters. The molecule has 0 bridgehead atoms. The molecule has 2 aromatic rings. The van der Waals surface area contributed by atoms with Gasteiger partial charge < -0.3 is 16.0 Å². The minimum absolute atomic E-state index is 0. The van der Waals surface area contributed by atoms with E-state index in [0.29, 0.717) is 18.7 Å². The van der Waals surface area contributed by atoms with Crippen LogP contribution < -0.4 is 16.0 Å². The fourth-order valence-electron chi connectivity index (χ4n) is 2.95. The van der Waals surface area contributed by atoms with Crippen molar-refractivity contribution in [3.8, 4) is 0 Å². The Labute approximate surface area is 196 Å². The van der Waals surface area contributed by atoms with Crippen LogP contribution in [0.15, 0.2) is 53.5 Å². The van der Waals surface area contributed by atoms with Crippen LogP contribution in [0.2, 0.25) is 0 Å². The maximum absolute atomic E-state index is 13.2. The van der Waals surface area contributed by atoms with Crippen LogP contribution in [0.3, 0.4) is 0 Å². The number of hydrogen-bond acceptors (Lipinski definition) is 2. The van der Waals surface area contributed by atoms with Crippen LogP contribution in [-0.4, -0.2) is 38.5 Å². The SMILES string of the molecule is CCNC(=NCC(C)(C)c1ccc(F)cc1)NCCc1cccc(C(=O)NC)c1.I. The van der Waals surface area contributed by atoms with Gasteiger partial charge in [-0.15, -0.1) is 24.0 Å². The summed E-state index contributed by atoms with van der Waals surface area (Å²) < 4.78 is 13.2. The molecule has 0 unspecified atom stereocenters. The van der Waals surface area contributed by atoms with Crippen LogP contribution in [0.5, 0.6) is 0 Å². The average Bonchev–Trinajstić information content (AvgIpc) is 2.72. The van der Waals surface area contributed by atoms with Crippen molar-refractivity contribution in [2.45, 2.75) is 32.6 Å². The number of hydrogen-bond donors (Lipinski definition) is 3. The van der Waals surface area contributed by atoms with Crippen molar-refractivity contribution in [1.29, 1.82) is 0 Å². The van der Waals surface area contributed by atoms with E-state index < -0.39 is 0 Å². The molecule has 0 aromatic heterocycles. The number of halogens is 2. The van der Waals surface area contributed by atoms with Crippen molar-refractivity contribution in [3.63, 3.8) is 0 Å². The third kappa shape index (κ3) is 7.93. The van der Waals surface area contributed by atoms with Gasteiger partial charge in [0.2, 0.25) is 0 Å². The van der Waals surface area contributed by atoms with E-state index >= 15 is 0 Å².